The largest absolute Gasteiger partial charge is 0.466 e. The summed E-state index contributed by atoms with van der Waals surface area (Å²) in [4.78, 5) is 0. The van der Waals surface area contributed by atoms with E-state index in [4.69, 9.17) is 4.42 Å². The predicted octanol–water partition coefficient (Wildman–Crippen LogP) is 1.47. The van der Waals surface area contributed by atoms with Crippen LogP contribution in [0.4, 0.5) is 0 Å². The third kappa shape index (κ3) is 3.36. The number of piperidine rings is 1. The molecule has 0 saturated carbocycles. The van der Waals surface area contributed by atoms with Crippen molar-refractivity contribution in [2.75, 3.05) is 19.6 Å². The highest BCUT2D eigenvalue weighted by atomic mass is 16.3. The number of hydrogen-bond donors (Lipinski definition) is 2. The Morgan fingerprint density at radius 2 is 2.47 bits per heavy atom. The van der Waals surface area contributed by atoms with E-state index in [1.165, 1.54) is 19.4 Å². The predicted molar refractivity (Wildman–Crippen MR) is 61.0 cm³/mol. The van der Waals surface area contributed by atoms with Crippen LogP contribution >= 0.6 is 0 Å². The van der Waals surface area contributed by atoms with Crippen LogP contribution in [0.1, 0.15) is 24.4 Å². The van der Waals surface area contributed by atoms with Crippen LogP contribution in [0.2, 0.25) is 0 Å². The van der Waals surface area contributed by atoms with Crippen LogP contribution in [0.15, 0.2) is 16.5 Å². The van der Waals surface area contributed by atoms with Gasteiger partial charge >= 0.3 is 0 Å². The van der Waals surface area contributed by atoms with Gasteiger partial charge in [0.15, 0.2) is 0 Å². The minimum atomic E-state index is 0.648. The van der Waals surface area contributed by atoms with Gasteiger partial charge in [-0.3, -0.25) is 0 Å². The molecule has 3 nitrogen and oxygen atoms in total. The first-order valence-corrected chi connectivity index (χ1v) is 5.84. The maximum Gasteiger partial charge on any atom is 0.105 e. The van der Waals surface area contributed by atoms with Crippen LogP contribution in [-0.2, 0) is 6.42 Å². The molecule has 2 N–H and O–H groups in total. The van der Waals surface area contributed by atoms with Crippen LogP contribution in [0.25, 0.3) is 0 Å². The van der Waals surface area contributed by atoms with Crippen molar-refractivity contribution in [3.8, 4) is 0 Å². The van der Waals surface area contributed by atoms with E-state index in [1.807, 2.05) is 13.0 Å². The second-order valence-electron chi connectivity index (χ2n) is 4.26. The average molecular weight is 208 g/mol. The maximum atomic E-state index is 5.52. The summed E-state index contributed by atoms with van der Waals surface area (Å²) in [6.45, 7) is 5.29. The van der Waals surface area contributed by atoms with Gasteiger partial charge in [-0.15, -0.1) is 0 Å². The zero-order valence-electron chi connectivity index (χ0n) is 9.38. The zero-order valence-corrected chi connectivity index (χ0v) is 9.38. The summed E-state index contributed by atoms with van der Waals surface area (Å²) < 4.78 is 5.52. The Morgan fingerprint density at radius 3 is 3.13 bits per heavy atom. The highest BCUT2D eigenvalue weighted by molar-refractivity contribution is 5.05. The minimum absolute atomic E-state index is 0.648. The van der Waals surface area contributed by atoms with Crippen LogP contribution in [0, 0.1) is 6.92 Å². The van der Waals surface area contributed by atoms with Crippen LogP contribution in [0.5, 0.6) is 0 Å². The minimum Gasteiger partial charge on any atom is -0.466 e. The molecule has 15 heavy (non-hydrogen) atoms. The Bertz CT molecular complexity index is 290. The molecule has 84 valence electrons. The Hall–Kier alpha value is -0.800. The van der Waals surface area contributed by atoms with Crippen LogP contribution < -0.4 is 10.6 Å². The molecule has 2 rings (SSSR count). The summed E-state index contributed by atoms with van der Waals surface area (Å²) in [6.07, 6.45) is 3.58. The van der Waals surface area contributed by atoms with Gasteiger partial charge in [-0.1, -0.05) is 0 Å². The van der Waals surface area contributed by atoms with Crippen molar-refractivity contribution in [3.63, 3.8) is 0 Å². The summed E-state index contributed by atoms with van der Waals surface area (Å²) in [5.74, 6) is 2.09. The van der Waals surface area contributed by atoms with Crippen molar-refractivity contribution in [2.24, 2.45) is 0 Å². The van der Waals surface area contributed by atoms with E-state index in [9.17, 15) is 0 Å². The lowest BCUT2D eigenvalue weighted by Crippen LogP contribution is -2.43. The number of hydrogen-bond acceptors (Lipinski definition) is 3. The molecule has 2 heterocycles. The fraction of sp³-hybridized carbons (Fsp3) is 0.667. The van der Waals surface area contributed by atoms with Crippen molar-refractivity contribution in [1.29, 1.82) is 0 Å². The Balaban J connectivity index is 1.65. The summed E-state index contributed by atoms with van der Waals surface area (Å²) in [5.41, 5.74) is 0. The highest BCUT2D eigenvalue weighted by Gasteiger charge is 2.11. The molecule has 1 aromatic rings. The lowest BCUT2D eigenvalue weighted by Gasteiger charge is -2.23. The van der Waals surface area contributed by atoms with Gasteiger partial charge in [0.2, 0.25) is 0 Å². The molecule has 1 fully saturated rings. The molecule has 0 aromatic carbocycles. The molecule has 1 atom stereocenters. The van der Waals surface area contributed by atoms with E-state index in [2.05, 4.69) is 16.7 Å². The third-order valence-electron chi connectivity index (χ3n) is 2.90. The van der Waals surface area contributed by atoms with Gasteiger partial charge in [0, 0.05) is 25.6 Å². The van der Waals surface area contributed by atoms with E-state index in [0.717, 1.165) is 31.0 Å². The van der Waals surface area contributed by atoms with E-state index in [1.54, 1.807) is 0 Å². The number of aryl methyl sites for hydroxylation is 1. The molecule has 3 heteroatoms. The van der Waals surface area contributed by atoms with Gasteiger partial charge in [-0.2, -0.15) is 0 Å². The second-order valence-corrected chi connectivity index (χ2v) is 4.26. The molecule has 1 saturated heterocycles. The molecule has 0 bridgehead atoms. The Morgan fingerprint density at radius 1 is 1.53 bits per heavy atom. The lowest BCUT2D eigenvalue weighted by atomic mass is 10.1. The fourth-order valence-corrected chi connectivity index (χ4v) is 2.05. The zero-order chi connectivity index (χ0) is 10.5. The smallest absolute Gasteiger partial charge is 0.105 e. The average Bonchev–Trinajstić information content (AvgIpc) is 2.66. The van der Waals surface area contributed by atoms with Gasteiger partial charge in [0.1, 0.15) is 11.5 Å². The van der Waals surface area contributed by atoms with Crippen molar-refractivity contribution in [2.45, 2.75) is 32.2 Å². The van der Waals surface area contributed by atoms with Gasteiger partial charge in [-0.25, -0.2) is 0 Å². The van der Waals surface area contributed by atoms with E-state index < -0.39 is 0 Å². The van der Waals surface area contributed by atoms with Gasteiger partial charge in [-0.05, 0) is 38.4 Å². The molecule has 1 unspecified atom stereocenters. The first kappa shape index (κ1) is 10.7. The second kappa shape index (κ2) is 5.33. The molecule has 0 amide bonds. The van der Waals surface area contributed by atoms with Gasteiger partial charge in [0.25, 0.3) is 0 Å². The van der Waals surface area contributed by atoms with E-state index >= 15 is 0 Å². The van der Waals surface area contributed by atoms with Crippen molar-refractivity contribution in [3.05, 3.63) is 23.7 Å². The van der Waals surface area contributed by atoms with Gasteiger partial charge in [0.05, 0.1) is 0 Å². The first-order chi connectivity index (χ1) is 7.34. The molecule has 1 aliphatic heterocycles. The molecule has 0 aliphatic carbocycles. The van der Waals surface area contributed by atoms with E-state index in [-0.39, 0.29) is 0 Å². The highest BCUT2D eigenvalue weighted by Crippen LogP contribution is 2.07. The molecular formula is C12H20N2O. The topological polar surface area (TPSA) is 37.2 Å². The monoisotopic (exact) mass is 208 g/mol. The van der Waals surface area contributed by atoms with Crippen LogP contribution in [0.3, 0.4) is 0 Å². The van der Waals surface area contributed by atoms with Crippen molar-refractivity contribution < 1.29 is 4.42 Å². The van der Waals surface area contributed by atoms with Gasteiger partial charge < -0.3 is 15.1 Å². The number of rotatable bonds is 4. The van der Waals surface area contributed by atoms with Crippen molar-refractivity contribution in [1.82, 2.24) is 10.6 Å². The number of nitrogens with one attached hydrogen (secondary N) is 2. The molecule has 1 aromatic heterocycles. The SMILES string of the molecule is Cc1ccc(CCNC2CCCNC2)o1. The molecule has 0 spiro atoms. The standard InChI is InChI=1S/C12H20N2O/c1-10-4-5-12(15-10)6-8-14-11-3-2-7-13-9-11/h4-5,11,13-14H,2-3,6-9H2,1H3. The summed E-state index contributed by atoms with van der Waals surface area (Å²) >= 11 is 0. The maximum absolute atomic E-state index is 5.52. The molecule has 0 radical (unpaired) electrons. The lowest BCUT2D eigenvalue weighted by molar-refractivity contribution is 0.384. The third-order valence-corrected chi connectivity index (χ3v) is 2.90. The Kier molecular flexibility index (Phi) is 3.80. The molecule has 1 aliphatic rings. The summed E-state index contributed by atoms with van der Waals surface area (Å²) in [5, 5.41) is 6.96. The molecular weight excluding hydrogens is 188 g/mol. The van der Waals surface area contributed by atoms with Crippen LogP contribution in [-0.4, -0.2) is 25.7 Å². The van der Waals surface area contributed by atoms with Crippen molar-refractivity contribution >= 4 is 0 Å². The first-order valence-electron chi connectivity index (χ1n) is 5.84. The normalized spacial score (nSPS) is 21.8. The fourth-order valence-electron chi connectivity index (χ4n) is 2.05. The quantitative estimate of drug-likeness (QED) is 0.787. The summed E-state index contributed by atoms with van der Waals surface area (Å²) in [6, 6.07) is 4.74. The Labute approximate surface area is 91.2 Å². The number of furan rings is 1. The summed E-state index contributed by atoms with van der Waals surface area (Å²) in [7, 11) is 0. The van der Waals surface area contributed by atoms with E-state index in [0.29, 0.717) is 6.04 Å².